The van der Waals surface area contributed by atoms with E-state index < -0.39 is 23.1 Å². The van der Waals surface area contributed by atoms with Crippen LogP contribution < -0.4 is 15.7 Å². The molecule has 0 radical (unpaired) electrons. The number of nitrogens with one attached hydrogen (secondary N) is 1. The van der Waals surface area contributed by atoms with E-state index in [4.69, 9.17) is 19.4 Å². The number of fused-ring (bicyclic) bond motifs is 1. The predicted octanol–water partition coefficient (Wildman–Crippen LogP) is 2.78. The number of carboxylic acid groups (broad SMARTS) is 2. The van der Waals surface area contributed by atoms with Crippen molar-refractivity contribution in [3.8, 4) is 11.5 Å². The summed E-state index contributed by atoms with van der Waals surface area (Å²) in [7, 11) is 0. The number of rotatable bonds is 6. The molecule has 0 saturated carbocycles. The summed E-state index contributed by atoms with van der Waals surface area (Å²) in [6.45, 7) is -0.192. The van der Waals surface area contributed by atoms with Gasteiger partial charge in [-0.2, -0.15) is 0 Å². The molecule has 0 spiro atoms. The largest absolute Gasteiger partial charge is 0.480 e. The molecule has 2 aromatic carbocycles. The highest BCUT2D eigenvalue weighted by Crippen LogP contribution is 2.26. The molecular weight excluding hydrogens is 342 g/mol. The van der Waals surface area contributed by atoms with Crippen molar-refractivity contribution >= 4 is 28.6 Å². The molecule has 0 aliphatic heterocycles. The number of carboxylic acids is 2. The standard InChI is InChI=1S/C18H13NO7/c20-16(21)9-19-11-2-5-12(6-3-11)25-13-4-1-10-7-14(17(22)23)18(24)26-15(10)8-13/h1-8,19H,9H2,(H,20,21)(H,22,23). The van der Waals surface area contributed by atoms with Gasteiger partial charge in [-0.15, -0.1) is 0 Å². The molecule has 3 N–H and O–H groups in total. The van der Waals surface area contributed by atoms with E-state index in [1.165, 1.54) is 12.1 Å². The fraction of sp³-hybridized carbons (Fsp3) is 0.0556. The second-order valence-corrected chi connectivity index (χ2v) is 5.33. The van der Waals surface area contributed by atoms with Crippen molar-refractivity contribution in [3.63, 3.8) is 0 Å². The first kappa shape index (κ1) is 17.0. The minimum Gasteiger partial charge on any atom is -0.480 e. The summed E-state index contributed by atoms with van der Waals surface area (Å²) in [5, 5.41) is 20.8. The lowest BCUT2D eigenvalue weighted by Crippen LogP contribution is -2.12. The first-order chi connectivity index (χ1) is 12.4. The Balaban J connectivity index is 1.80. The Morgan fingerprint density at radius 1 is 1.00 bits per heavy atom. The maximum atomic E-state index is 11.7. The Morgan fingerprint density at radius 2 is 1.69 bits per heavy atom. The molecule has 0 unspecified atom stereocenters. The molecule has 0 aliphatic carbocycles. The second kappa shape index (κ2) is 6.98. The van der Waals surface area contributed by atoms with Crippen LogP contribution in [0, 0.1) is 0 Å². The molecule has 8 nitrogen and oxygen atoms in total. The van der Waals surface area contributed by atoms with E-state index >= 15 is 0 Å². The van der Waals surface area contributed by atoms with E-state index in [0.717, 1.165) is 0 Å². The number of aromatic carboxylic acids is 1. The smallest absolute Gasteiger partial charge is 0.351 e. The van der Waals surface area contributed by atoms with Gasteiger partial charge in [0.05, 0.1) is 0 Å². The first-order valence-electron chi connectivity index (χ1n) is 7.47. The van der Waals surface area contributed by atoms with Crippen LogP contribution in [-0.4, -0.2) is 28.7 Å². The lowest BCUT2D eigenvalue weighted by molar-refractivity contribution is -0.134. The van der Waals surface area contributed by atoms with Crippen molar-refractivity contribution in [2.75, 3.05) is 11.9 Å². The summed E-state index contributed by atoms with van der Waals surface area (Å²) in [5.41, 5.74) is -0.533. The zero-order valence-corrected chi connectivity index (χ0v) is 13.3. The molecule has 1 heterocycles. The molecular formula is C18H13NO7. The molecule has 0 bridgehead atoms. The Kier molecular flexibility index (Phi) is 4.57. The minimum absolute atomic E-state index is 0.192. The number of carbonyl (C=O) groups is 2. The minimum atomic E-state index is -1.35. The van der Waals surface area contributed by atoms with Gasteiger partial charge < -0.3 is 24.7 Å². The number of ether oxygens (including phenoxy) is 1. The van der Waals surface area contributed by atoms with Gasteiger partial charge in [0.15, 0.2) is 0 Å². The Morgan fingerprint density at radius 3 is 2.35 bits per heavy atom. The zero-order valence-electron chi connectivity index (χ0n) is 13.3. The van der Waals surface area contributed by atoms with Crippen molar-refractivity contribution < 1.29 is 29.0 Å². The van der Waals surface area contributed by atoms with Gasteiger partial charge >= 0.3 is 17.6 Å². The van der Waals surface area contributed by atoms with Crippen molar-refractivity contribution in [2.24, 2.45) is 0 Å². The zero-order chi connectivity index (χ0) is 18.7. The molecule has 0 aliphatic rings. The normalized spacial score (nSPS) is 10.5. The topological polar surface area (TPSA) is 126 Å². The summed E-state index contributed by atoms with van der Waals surface area (Å²) < 4.78 is 10.7. The summed E-state index contributed by atoms with van der Waals surface area (Å²) in [4.78, 5) is 33.1. The Bertz CT molecular complexity index is 1040. The average Bonchev–Trinajstić information content (AvgIpc) is 2.60. The van der Waals surface area contributed by atoms with Crippen LogP contribution in [-0.2, 0) is 4.79 Å². The van der Waals surface area contributed by atoms with Gasteiger partial charge in [-0.25, -0.2) is 9.59 Å². The van der Waals surface area contributed by atoms with Crippen LogP contribution in [0.3, 0.4) is 0 Å². The van der Waals surface area contributed by atoms with Gasteiger partial charge in [0.25, 0.3) is 0 Å². The highest BCUT2D eigenvalue weighted by atomic mass is 16.5. The summed E-state index contributed by atoms with van der Waals surface area (Å²) in [6.07, 6.45) is 0. The van der Waals surface area contributed by atoms with Gasteiger partial charge in [-0.1, -0.05) is 0 Å². The number of aliphatic carboxylic acids is 1. The van der Waals surface area contributed by atoms with Crippen molar-refractivity contribution in [3.05, 3.63) is 64.5 Å². The van der Waals surface area contributed by atoms with Crippen molar-refractivity contribution in [1.82, 2.24) is 0 Å². The molecule has 0 saturated heterocycles. The van der Waals surface area contributed by atoms with E-state index in [0.29, 0.717) is 22.6 Å². The highest BCUT2D eigenvalue weighted by Gasteiger charge is 2.12. The van der Waals surface area contributed by atoms with Crippen LogP contribution in [0.2, 0.25) is 0 Å². The average molecular weight is 355 g/mol. The van der Waals surface area contributed by atoms with Crippen LogP contribution in [0.15, 0.2) is 57.7 Å². The maximum Gasteiger partial charge on any atom is 0.351 e. The van der Waals surface area contributed by atoms with Crippen molar-refractivity contribution in [1.29, 1.82) is 0 Å². The lowest BCUT2D eigenvalue weighted by Gasteiger charge is -2.08. The van der Waals surface area contributed by atoms with E-state index in [1.807, 2.05) is 0 Å². The molecule has 0 fully saturated rings. The summed E-state index contributed by atoms with van der Waals surface area (Å²) in [5.74, 6) is -1.42. The van der Waals surface area contributed by atoms with Gasteiger partial charge in [-0.05, 0) is 42.5 Å². The quantitative estimate of drug-likeness (QED) is 0.576. The molecule has 3 rings (SSSR count). The third kappa shape index (κ3) is 3.81. The van der Waals surface area contributed by atoms with Crippen molar-refractivity contribution in [2.45, 2.75) is 0 Å². The SMILES string of the molecule is O=C(O)CNc1ccc(Oc2ccc3cc(C(=O)O)c(=O)oc3c2)cc1. The number of benzene rings is 2. The highest BCUT2D eigenvalue weighted by molar-refractivity contribution is 5.91. The van der Waals surface area contributed by atoms with E-state index in [9.17, 15) is 14.4 Å². The van der Waals surface area contributed by atoms with Gasteiger partial charge in [0, 0.05) is 17.1 Å². The number of anilines is 1. The lowest BCUT2D eigenvalue weighted by atomic mass is 10.2. The van der Waals surface area contributed by atoms with E-state index in [-0.39, 0.29) is 12.1 Å². The van der Waals surface area contributed by atoms with Gasteiger partial charge in [0.2, 0.25) is 0 Å². The molecule has 0 amide bonds. The molecule has 1 aromatic heterocycles. The predicted molar refractivity (Wildman–Crippen MR) is 92.1 cm³/mol. The van der Waals surface area contributed by atoms with Crippen LogP contribution in [0.5, 0.6) is 11.5 Å². The second-order valence-electron chi connectivity index (χ2n) is 5.33. The van der Waals surface area contributed by atoms with Crippen LogP contribution in [0.25, 0.3) is 11.0 Å². The van der Waals surface area contributed by atoms with Crippen LogP contribution in [0.4, 0.5) is 5.69 Å². The maximum absolute atomic E-state index is 11.7. The number of hydrogen-bond donors (Lipinski definition) is 3. The fourth-order valence-corrected chi connectivity index (χ4v) is 2.26. The monoisotopic (exact) mass is 355 g/mol. The molecule has 8 heteroatoms. The Labute approximate surface area is 146 Å². The van der Waals surface area contributed by atoms with Crippen LogP contribution in [0.1, 0.15) is 10.4 Å². The van der Waals surface area contributed by atoms with Crippen LogP contribution >= 0.6 is 0 Å². The van der Waals surface area contributed by atoms with E-state index in [2.05, 4.69) is 5.32 Å². The van der Waals surface area contributed by atoms with E-state index in [1.54, 1.807) is 36.4 Å². The Hall–Kier alpha value is -3.81. The molecule has 3 aromatic rings. The van der Waals surface area contributed by atoms with Gasteiger partial charge in [0.1, 0.15) is 29.2 Å². The third-order valence-corrected chi connectivity index (χ3v) is 3.47. The molecule has 26 heavy (non-hydrogen) atoms. The fourth-order valence-electron chi connectivity index (χ4n) is 2.26. The molecule has 0 atom stereocenters. The summed E-state index contributed by atoms with van der Waals surface area (Å²) >= 11 is 0. The number of hydrogen-bond acceptors (Lipinski definition) is 6. The molecule has 132 valence electrons. The van der Waals surface area contributed by atoms with Gasteiger partial charge in [-0.3, -0.25) is 4.79 Å². The summed E-state index contributed by atoms with van der Waals surface area (Å²) in [6, 6.07) is 12.6. The first-order valence-corrected chi connectivity index (χ1v) is 7.47. The third-order valence-electron chi connectivity index (χ3n) is 3.47.